The summed E-state index contributed by atoms with van der Waals surface area (Å²) in [7, 11) is 0. The van der Waals surface area contributed by atoms with E-state index in [0.717, 1.165) is 11.2 Å². The zero-order valence-corrected chi connectivity index (χ0v) is 11.9. The lowest BCUT2D eigenvalue weighted by Gasteiger charge is -2.09. The number of hydrogen-bond donors (Lipinski definition) is 0. The Morgan fingerprint density at radius 2 is 2.00 bits per heavy atom. The molecule has 3 nitrogen and oxygen atoms in total. The predicted octanol–water partition coefficient (Wildman–Crippen LogP) is 4.47. The fraction of sp³-hybridized carbons (Fsp3) is 0.0769. The molecule has 0 spiro atoms. The van der Waals surface area contributed by atoms with E-state index in [4.69, 9.17) is 34.8 Å². The van der Waals surface area contributed by atoms with Gasteiger partial charge in [0.05, 0.1) is 16.6 Å². The number of fused-ring (bicyclic) bond motifs is 1. The maximum atomic E-state index is 6.24. The van der Waals surface area contributed by atoms with Crippen molar-refractivity contribution in [2.75, 3.05) is 0 Å². The molecule has 6 heteroatoms. The van der Waals surface area contributed by atoms with Gasteiger partial charge in [-0.2, -0.15) is 0 Å². The fourth-order valence-electron chi connectivity index (χ4n) is 1.96. The van der Waals surface area contributed by atoms with Gasteiger partial charge in [-0.3, -0.25) is 4.57 Å². The summed E-state index contributed by atoms with van der Waals surface area (Å²) in [6, 6.07) is 8.96. The third-order valence-electron chi connectivity index (χ3n) is 2.75. The number of alkyl halides is 1. The summed E-state index contributed by atoms with van der Waals surface area (Å²) < 4.78 is 1.83. The van der Waals surface area contributed by atoms with E-state index in [9.17, 15) is 0 Å². The Kier molecular flexibility index (Phi) is 3.35. The number of rotatable bonds is 2. The van der Waals surface area contributed by atoms with Crippen LogP contribution < -0.4 is 0 Å². The van der Waals surface area contributed by atoms with Crippen LogP contribution in [0.3, 0.4) is 0 Å². The van der Waals surface area contributed by atoms with Crippen molar-refractivity contribution in [2.45, 2.75) is 5.88 Å². The smallest absolute Gasteiger partial charge is 0.164 e. The zero-order chi connectivity index (χ0) is 13.4. The summed E-state index contributed by atoms with van der Waals surface area (Å²) in [4.78, 5) is 8.78. The van der Waals surface area contributed by atoms with Crippen LogP contribution in [0, 0.1) is 0 Å². The van der Waals surface area contributed by atoms with Crippen LogP contribution in [0.15, 0.2) is 36.5 Å². The first-order valence-electron chi connectivity index (χ1n) is 5.54. The van der Waals surface area contributed by atoms with E-state index >= 15 is 0 Å². The molecule has 0 amide bonds. The largest absolute Gasteiger partial charge is 0.278 e. The molecule has 3 aromatic rings. The van der Waals surface area contributed by atoms with Gasteiger partial charge in [-0.1, -0.05) is 23.2 Å². The molecule has 0 saturated heterocycles. The summed E-state index contributed by atoms with van der Waals surface area (Å²) in [5, 5.41) is 1.17. The van der Waals surface area contributed by atoms with Crippen molar-refractivity contribution >= 4 is 46.0 Å². The predicted molar refractivity (Wildman–Crippen MR) is 78.4 cm³/mol. The average molecular weight is 313 g/mol. The Hall–Kier alpha value is -1.29. The van der Waals surface area contributed by atoms with Crippen LogP contribution in [0.25, 0.3) is 16.9 Å². The highest BCUT2D eigenvalue weighted by Gasteiger charge is 2.15. The molecule has 96 valence electrons. The molecule has 3 rings (SSSR count). The molecule has 1 aromatic carbocycles. The number of hydrogen-bond acceptors (Lipinski definition) is 2. The van der Waals surface area contributed by atoms with Gasteiger partial charge < -0.3 is 0 Å². The van der Waals surface area contributed by atoms with E-state index in [-0.39, 0.29) is 5.88 Å². The van der Waals surface area contributed by atoms with Crippen LogP contribution in [0.4, 0.5) is 0 Å². The van der Waals surface area contributed by atoms with Crippen LogP contribution in [0.2, 0.25) is 10.0 Å². The normalized spacial score (nSPS) is 11.1. The highest BCUT2D eigenvalue weighted by molar-refractivity contribution is 6.34. The molecule has 0 aliphatic heterocycles. The lowest BCUT2D eigenvalue weighted by Crippen LogP contribution is -2.01. The van der Waals surface area contributed by atoms with Crippen LogP contribution in [-0.4, -0.2) is 14.5 Å². The molecule has 0 N–H and O–H groups in total. The summed E-state index contributed by atoms with van der Waals surface area (Å²) in [5.41, 5.74) is 2.21. The van der Waals surface area contributed by atoms with Crippen molar-refractivity contribution in [3.63, 3.8) is 0 Å². The van der Waals surface area contributed by atoms with Gasteiger partial charge in [0.25, 0.3) is 0 Å². The fourth-order valence-corrected chi connectivity index (χ4v) is 2.51. The van der Waals surface area contributed by atoms with Gasteiger partial charge >= 0.3 is 0 Å². The summed E-state index contributed by atoms with van der Waals surface area (Å²) >= 11 is 18.2. The van der Waals surface area contributed by atoms with Crippen LogP contribution in [0.5, 0.6) is 0 Å². The molecule has 0 radical (unpaired) electrons. The first-order chi connectivity index (χ1) is 9.20. The first kappa shape index (κ1) is 12.7. The van der Waals surface area contributed by atoms with Crippen molar-refractivity contribution in [3.05, 3.63) is 52.4 Å². The molecule has 2 aromatic heterocycles. The Bertz CT molecular complexity index is 752. The number of aromatic nitrogens is 3. The topological polar surface area (TPSA) is 30.7 Å². The second kappa shape index (κ2) is 5.00. The van der Waals surface area contributed by atoms with E-state index in [1.807, 2.05) is 16.7 Å². The molecule has 19 heavy (non-hydrogen) atoms. The number of imidazole rings is 1. The van der Waals surface area contributed by atoms with Crippen LogP contribution in [-0.2, 0) is 5.88 Å². The number of nitrogens with zero attached hydrogens (tertiary/aromatic N) is 3. The minimum atomic E-state index is 0.263. The third-order valence-corrected chi connectivity index (χ3v) is 3.55. The molecular weight excluding hydrogens is 305 g/mol. The van der Waals surface area contributed by atoms with Gasteiger partial charge in [-0.05, 0) is 30.3 Å². The lowest BCUT2D eigenvalue weighted by molar-refractivity contribution is 0.970. The van der Waals surface area contributed by atoms with Crippen molar-refractivity contribution in [3.8, 4) is 5.69 Å². The second-order valence-electron chi connectivity index (χ2n) is 3.94. The molecule has 0 bridgehead atoms. The average Bonchev–Trinajstić information content (AvgIpc) is 2.80. The SMILES string of the molecule is ClCc1nc2cccnc2n1-c1cc(Cl)ccc1Cl. The minimum Gasteiger partial charge on any atom is -0.278 e. The maximum absolute atomic E-state index is 6.24. The Labute approximate surface area is 124 Å². The third kappa shape index (κ3) is 2.18. The molecule has 2 heterocycles. The van der Waals surface area contributed by atoms with Gasteiger partial charge in [-0.15, -0.1) is 11.6 Å². The second-order valence-corrected chi connectivity index (χ2v) is 5.05. The van der Waals surface area contributed by atoms with E-state index < -0.39 is 0 Å². The maximum Gasteiger partial charge on any atom is 0.164 e. The summed E-state index contributed by atoms with van der Waals surface area (Å²) in [5.74, 6) is 0.943. The zero-order valence-electron chi connectivity index (χ0n) is 9.65. The highest BCUT2D eigenvalue weighted by atomic mass is 35.5. The highest BCUT2D eigenvalue weighted by Crippen LogP contribution is 2.28. The standard InChI is InChI=1S/C13H8Cl3N3/c14-7-12-18-10-2-1-5-17-13(10)19(12)11-6-8(15)3-4-9(11)16/h1-6H,7H2. The van der Waals surface area contributed by atoms with E-state index in [1.165, 1.54) is 0 Å². The molecule has 0 unspecified atom stereocenters. The van der Waals surface area contributed by atoms with Gasteiger partial charge in [0.2, 0.25) is 0 Å². The van der Waals surface area contributed by atoms with Gasteiger partial charge in [0, 0.05) is 11.2 Å². The minimum absolute atomic E-state index is 0.263. The van der Waals surface area contributed by atoms with Crippen molar-refractivity contribution < 1.29 is 0 Å². The summed E-state index contributed by atoms with van der Waals surface area (Å²) in [6.07, 6.45) is 1.71. The number of pyridine rings is 1. The van der Waals surface area contributed by atoms with Gasteiger partial charge in [0.1, 0.15) is 11.3 Å². The molecule has 0 aliphatic rings. The Morgan fingerprint density at radius 3 is 2.79 bits per heavy atom. The van der Waals surface area contributed by atoms with E-state index in [2.05, 4.69) is 9.97 Å². The number of benzene rings is 1. The van der Waals surface area contributed by atoms with E-state index in [1.54, 1.807) is 24.4 Å². The monoisotopic (exact) mass is 311 g/mol. The number of halogens is 3. The molecule has 0 aliphatic carbocycles. The van der Waals surface area contributed by atoms with E-state index in [0.29, 0.717) is 21.5 Å². The Balaban J connectivity index is 2.37. The molecular formula is C13H8Cl3N3. The quantitative estimate of drug-likeness (QED) is 0.654. The van der Waals surface area contributed by atoms with Crippen LogP contribution >= 0.6 is 34.8 Å². The van der Waals surface area contributed by atoms with Gasteiger partial charge in [-0.25, -0.2) is 9.97 Å². The van der Waals surface area contributed by atoms with Crippen molar-refractivity contribution in [2.24, 2.45) is 0 Å². The molecule has 0 saturated carbocycles. The lowest BCUT2D eigenvalue weighted by atomic mass is 10.3. The van der Waals surface area contributed by atoms with Gasteiger partial charge in [0.15, 0.2) is 5.65 Å². The molecule has 0 fully saturated rings. The van der Waals surface area contributed by atoms with Crippen molar-refractivity contribution in [1.29, 1.82) is 0 Å². The van der Waals surface area contributed by atoms with Crippen molar-refractivity contribution in [1.82, 2.24) is 14.5 Å². The first-order valence-corrected chi connectivity index (χ1v) is 6.83. The Morgan fingerprint density at radius 1 is 1.16 bits per heavy atom. The van der Waals surface area contributed by atoms with Crippen LogP contribution in [0.1, 0.15) is 5.82 Å². The molecule has 0 atom stereocenters. The summed E-state index contributed by atoms with van der Waals surface area (Å²) in [6.45, 7) is 0.